The van der Waals surface area contributed by atoms with E-state index in [4.69, 9.17) is 4.42 Å². The molecule has 0 unspecified atom stereocenters. The normalized spacial score (nSPS) is 10.4. The first-order chi connectivity index (χ1) is 8.68. The maximum absolute atomic E-state index is 11.6. The van der Waals surface area contributed by atoms with Gasteiger partial charge in [-0.05, 0) is 19.1 Å². The van der Waals surface area contributed by atoms with Crippen LogP contribution in [0.5, 0.6) is 0 Å². The van der Waals surface area contributed by atoms with Gasteiger partial charge < -0.3 is 4.42 Å². The zero-order valence-electron chi connectivity index (χ0n) is 11.0. The molecule has 4 nitrogen and oxygen atoms in total. The van der Waals surface area contributed by atoms with Gasteiger partial charge in [-0.3, -0.25) is 4.57 Å². The van der Waals surface area contributed by atoms with Gasteiger partial charge in [-0.25, -0.2) is 4.79 Å². The number of fused-ring (bicyclic) bond motifs is 3. The number of aryl methyl sites for hydroxylation is 2. The first-order valence-electron chi connectivity index (χ1n) is 6.03. The molecule has 0 spiro atoms. The highest BCUT2D eigenvalue weighted by Gasteiger charge is 2.13. The fourth-order valence-electron chi connectivity index (χ4n) is 1.97. The molecular formula is C14H16N2O2. The van der Waals surface area contributed by atoms with Crippen LogP contribution in [0.15, 0.2) is 33.5 Å². The van der Waals surface area contributed by atoms with Crippen LogP contribution in [-0.4, -0.2) is 9.55 Å². The molecular weight excluding hydrogens is 228 g/mol. The van der Waals surface area contributed by atoms with Gasteiger partial charge >= 0.3 is 5.69 Å². The fraction of sp³-hybridized carbons (Fsp3) is 0.286. The number of nitrogens with zero attached hydrogens (tertiary/aromatic N) is 2. The third-order valence-electron chi connectivity index (χ3n) is 2.78. The predicted molar refractivity (Wildman–Crippen MR) is 72.8 cm³/mol. The average Bonchev–Trinajstić information content (AvgIpc) is 2.78. The van der Waals surface area contributed by atoms with Crippen LogP contribution in [0.3, 0.4) is 0 Å². The average molecular weight is 244 g/mol. The van der Waals surface area contributed by atoms with Crippen LogP contribution in [0.2, 0.25) is 0 Å². The molecule has 0 amide bonds. The van der Waals surface area contributed by atoms with Crippen LogP contribution in [0.1, 0.15) is 19.5 Å². The van der Waals surface area contributed by atoms with E-state index in [1.165, 1.54) is 4.57 Å². The smallest absolute Gasteiger partial charge is 0.348 e. The van der Waals surface area contributed by atoms with Crippen molar-refractivity contribution in [3.63, 3.8) is 0 Å². The minimum Gasteiger partial charge on any atom is -0.453 e. The van der Waals surface area contributed by atoms with Crippen LogP contribution < -0.4 is 5.69 Å². The Morgan fingerprint density at radius 3 is 2.61 bits per heavy atom. The van der Waals surface area contributed by atoms with E-state index in [-0.39, 0.29) is 5.69 Å². The molecule has 18 heavy (non-hydrogen) atoms. The van der Waals surface area contributed by atoms with Crippen LogP contribution >= 0.6 is 0 Å². The number of furan rings is 1. The standard InChI is InChI=1S/C12H10N2O2.C2H6/c1-7-11-10(14(2)12(15)13-7)8-5-3-4-6-9(8)16-11;1-2/h3-6H,1-2H3;1-2H3. The molecule has 4 heteroatoms. The molecule has 0 fully saturated rings. The molecule has 94 valence electrons. The molecule has 0 aliphatic carbocycles. The fourth-order valence-corrected chi connectivity index (χ4v) is 1.97. The molecule has 0 atom stereocenters. The Hall–Kier alpha value is -2.10. The van der Waals surface area contributed by atoms with Crippen molar-refractivity contribution < 1.29 is 4.42 Å². The molecule has 0 N–H and O–H groups in total. The van der Waals surface area contributed by atoms with E-state index in [0.717, 1.165) is 16.5 Å². The molecule has 2 aromatic heterocycles. The molecule has 3 aromatic rings. The van der Waals surface area contributed by atoms with Gasteiger partial charge in [-0.2, -0.15) is 4.98 Å². The molecule has 0 aliphatic rings. The Kier molecular flexibility index (Phi) is 3.19. The van der Waals surface area contributed by atoms with E-state index in [9.17, 15) is 4.79 Å². The van der Waals surface area contributed by atoms with Crippen LogP contribution in [0.4, 0.5) is 0 Å². The Morgan fingerprint density at radius 1 is 1.22 bits per heavy atom. The van der Waals surface area contributed by atoms with Crippen molar-refractivity contribution in [2.24, 2.45) is 7.05 Å². The molecule has 0 radical (unpaired) electrons. The van der Waals surface area contributed by atoms with Gasteiger partial charge in [0.2, 0.25) is 0 Å². The molecule has 0 saturated carbocycles. The van der Waals surface area contributed by atoms with E-state index in [2.05, 4.69) is 4.98 Å². The molecule has 3 rings (SSSR count). The first kappa shape index (κ1) is 12.4. The van der Waals surface area contributed by atoms with Crippen molar-refractivity contribution in [2.75, 3.05) is 0 Å². The van der Waals surface area contributed by atoms with Crippen molar-refractivity contribution >= 4 is 22.1 Å². The van der Waals surface area contributed by atoms with Gasteiger partial charge in [-0.15, -0.1) is 0 Å². The van der Waals surface area contributed by atoms with E-state index < -0.39 is 0 Å². The van der Waals surface area contributed by atoms with E-state index >= 15 is 0 Å². The number of benzene rings is 1. The van der Waals surface area contributed by atoms with Gasteiger partial charge in [0.25, 0.3) is 0 Å². The summed E-state index contributed by atoms with van der Waals surface area (Å²) >= 11 is 0. The predicted octanol–water partition coefficient (Wildman–Crippen LogP) is 3.01. The van der Waals surface area contributed by atoms with Crippen molar-refractivity contribution in [2.45, 2.75) is 20.8 Å². The summed E-state index contributed by atoms with van der Waals surface area (Å²) in [5.74, 6) is 0. The zero-order chi connectivity index (χ0) is 13.3. The highest BCUT2D eigenvalue weighted by atomic mass is 16.3. The lowest BCUT2D eigenvalue weighted by atomic mass is 10.2. The Bertz CT molecular complexity index is 753. The Labute approximate surface area is 105 Å². The molecule has 0 saturated heterocycles. The van der Waals surface area contributed by atoms with Crippen LogP contribution in [0, 0.1) is 6.92 Å². The highest BCUT2D eigenvalue weighted by molar-refractivity contribution is 6.03. The van der Waals surface area contributed by atoms with Gasteiger partial charge in [0.05, 0.1) is 5.69 Å². The van der Waals surface area contributed by atoms with Gasteiger partial charge in [-0.1, -0.05) is 26.0 Å². The summed E-state index contributed by atoms with van der Waals surface area (Å²) < 4.78 is 7.22. The number of rotatable bonds is 0. The van der Waals surface area contributed by atoms with Crippen LogP contribution in [0.25, 0.3) is 22.1 Å². The largest absolute Gasteiger partial charge is 0.453 e. The summed E-state index contributed by atoms with van der Waals surface area (Å²) in [5, 5.41) is 0.947. The second-order valence-corrected chi connectivity index (χ2v) is 3.81. The van der Waals surface area contributed by atoms with Crippen molar-refractivity contribution in [3.05, 3.63) is 40.4 Å². The molecule has 1 aromatic carbocycles. The van der Waals surface area contributed by atoms with Gasteiger partial charge in [0.1, 0.15) is 11.1 Å². The number of hydrogen-bond donors (Lipinski definition) is 0. The number of hydrogen-bond acceptors (Lipinski definition) is 3. The zero-order valence-corrected chi connectivity index (χ0v) is 11.0. The highest BCUT2D eigenvalue weighted by Crippen LogP contribution is 2.27. The summed E-state index contributed by atoms with van der Waals surface area (Å²) in [7, 11) is 1.71. The summed E-state index contributed by atoms with van der Waals surface area (Å²) in [5.41, 5.74) is 2.66. The second-order valence-electron chi connectivity index (χ2n) is 3.81. The van der Waals surface area contributed by atoms with Gasteiger partial charge in [0.15, 0.2) is 5.58 Å². The summed E-state index contributed by atoms with van der Waals surface area (Å²) in [6.45, 7) is 5.78. The number of para-hydroxylation sites is 1. The molecule has 0 bridgehead atoms. The van der Waals surface area contributed by atoms with E-state index in [1.807, 2.05) is 38.1 Å². The van der Waals surface area contributed by atoms with Crippen molar-refractivity contribution in [1.29, 1.82) is 0 Å². The lowest BCUT2D eigenvalue weighted by Crippen LogP contribution is -2.20. The molecule has 0 aliphatic heterocycles. The Balaban J connectivity index is 0.000000574. The van der Waals surface area contributed by atoms with E-state index in [0.29, 0.717) is 11.3 Å². The van der Waals surface area contributed by atoms with E-state index in [1.54, 1.807) is 14.0 Å². The third-order valence-corrected chi connectivity index (χ3v) is 2.78. The minimum absolute atomic E-state index is 0.253. The monoisotopic (exact) mass is 244 g/mol. The lowest BCUT2D eigenvalue weighted by molar-refractivity contribution is 0.655. The topological polar surface area (TPSA) is 48.0 Å². The summed E-state index contributed by atoms with van der Waals surface area (Å²) in [6, 6.07) is 7.67. The third kappa shape index (κ3) is 1.70. The molecule has 2 heterocycles. The quantitative estimate of drug-likeness (QED) is 0.610. The summed E-state index contributed by atoms with van der Waals surface area (Å²) in [6.07, 6.45) is 0. The van der Waals surface area contributed by atoms with Crippen molar-refractivity contribution in [1.82, 2.24) is 9.55 Å². The van der Waals surface area contributed by atoms with Crippen LogP contribution in [-0.2, 0) is 7.05 Å². The van der Waals surface area contributed by atoms with Gasteiger partial charge in [0, 0.05) is 12.4 Å². The summed E-state index contributed by atoms with van der Waals surface area (Å²) in [4.78, 5) is 15.5. The van der Waals surface area contributed by atoms with Crippen molar-refractivity contribution in [3.8, 4) is 0 Å². The lowest BCUT2D eigenvalue weighted by Gasteiger charge is -1.99. The second kappa shape index (κ2) is 4.64. The minimum atomic E-state index is -0.253. The Morgan fingerprint density at radius 2 is 1.89 bits per heavy atom. The maximum Gasteiger partial charge on any atom is 0.348 e. The first-order valence-corrected chi connectivity index (χ1v) is 6.03. The maximum atomic E-state index is 11.6. The number of aromatic nitrogens is 2. The SMILES string of the molecule is CC.Cc1nc(=O)n(C)c2c1oc1ccccc12.